The van der Waals surface area contributed by atoms with E-state index in [4.69, 9.17) is 0 Å². The average molecular weight is 281 g/mol. The van der Waals surface area contributed by atoms with E-state index in [9.17, 15) is 22.0 Å². The Labute approximate surface area is 83.1 Å². The minimum absolute atomic E-state index is 0. The fourth-order valence-electron chi connectivity index (χ4n) is 0.622. The van der Waals surface area contributed by atoms with Gasteiger partial charge in [0.05, 0.1) is 0 Å². The monoisotopic (exact) mass is 280 g/mol. The Morgan fingerprint density at radius 3 is 1.15 bits per heavy atom. The lowest BCUT2D eigenvalue weighted by Gasteiger charge is -2.02. The molecule has 0 saturated carbocycles. The summed E-state index contributed by atoms with van der Waals surface area (Å²) in [5.41, 5.74) is 0. The second-order valence-corrected chi connectivity index (χ2v) is 2.56. The quantitative estimate of drug-likeness (QED) is 0.296. The Morgan fingerprint density at radius 1 is 0.615 bits per heavy atom. The Balaban J connectivity index is 0.00000144. The van der Waals surface area contributed by atoms with E-state index >= 15 is 0 Å². The summed E-state index contributed by atoms with van der Waals surface area (Å²) < 4.78 is 61.5. The van der Waals surface area contributed by atoms with Gasteiger partial charge in [-0.3, -0.25) is 0 Å². The molecule has 1 unspecified atom stereocenters. The van der Waals surface area contributed by atoms with E-state index in [1.165, 1.54) is 9.24 Å². The van der Waals surface area contributed by atoms with E-state index < -0.39 is 34.4 Å². The zero-order valence-corrected chi connectivity index (χ0v) is 8.74. The van der Waals surface area contributed by atoms with Gasteiger partial charge in [-0.1, -0.05) is 9.24 Å². The molecule has 1 rings (SSSR count). The summed E-state index contributed by atoms with van der Waals surface area (Å²) in [6.45, 7) is 0. The van der Waals surface area contributed by atoms with Crippen LogP contribution < -0.4 is 5.30 Å². The molecule has 7 heteroatoms. The van der Waals surface area contributed by atoms with Crippen molar-refractivity contribution in [3.8, 4) is 0 Å². The summed E-state index contributed by atoms with van der Waals surface area (Å²) in [5.74, 6) is -9.65. The van der Waals surface area contributed by atoms with Gasteiger partial charge in [0, 0.05) is 5.30 Å². The zero-order chi connectivity index (χ0) is 9.46. The van der Waals surface area contributed by atoms with Crippen LogP contribution in [0.4, 0.5) is 22.0 Å². The van der Waals surface area contributed by atoms with E-state index in [0.717, 1.165) is 0 Å². The molecule has 0 saturated heterocycles. The van der Waals surface area contributed by atoms with Gasteiger partial charge in [0.25, 0.3) is 0 Å². The van der Waals surface area contributed by atoms with Crippen molar-refractivity contribution in [1.82, 2.24) is 0 Å². The molecule has 0 fully saturated rings. The summed E-state index contributed by atoms with van der Waals surface area (Å²) in [6, 6.07) is 0. The molecule has 1 aromatic carbocycles. The first-order valence-corrected chi connectivity index (χ1v) is 3.31. The molecule has 1 aromatic rings. The van der Waals surface area contributed by atoms with Crippen molar-refractivity contribution in [3.63, 3.8) is 0 Å². The Hall–Kier alpha value is -0.220. The lowest BCUT2D eigenvalue weighted by Crippen LogP contribution is -2.13. The van der Waals surface area contributed by atoms with Crippen LogP contribution in [0.25, 0.3) is 0 Å². The number of benzene rings is 1. The van der Waals surface area contributed by atoms with Crippen LogP contribution in [-0.2, 0) is 0 Å². The van der Waals surface area contributed by atoms with Crippen molar-refractivity contribution < 1.29 is 22.0 Å². The second-order valence-electron chi connectivity index (χ2n) is 1.98. The third kappa shape index (κ3) is 1.99. The van der Waals surface area contributed by atoms with Gasteiger partial charge in [-0.15, -0.1) is 17.0 Å². The van der Waals surface area contributed by atoms with Crippen LogP contribution in [0.2, 0.25) is 0 Å². The predicted octanol–water partition coefficient (Wildman–Crippen LogP) is 2.46. The Kier molecular flexibility index (Phi) is 4.26. The molecule has 0 spiro atoms. The molecule has 0 nitrogen and oxygen atoms in total. The molecule has 0 N–H and O–H groups in total. The van der Waals surface area contributed by atoms with Crippen LogP contribution in [0.1, 0.15) is 0 Å². The van der Waals surface area contributed by atoms with Gasteiger partial charge in [0.15, 0.2) is 23.3 Å². The maximum absolute atomic E-state index is 12.4. The van der Waals surface area contributed by atoms with E-state index in [-0.39, 0.29) is 17.0 Å². The smallest absolute Gasteiger partial charge is 0.200 e. The van der Waals surface area contributed by atoms with Crippen LogP contribution in [0.5, 0.6) is 0 Å². The van der Waals surface area contributed by atoms with E-state index in [0.29, 0.717) is 0 Å². The molecule has 74 valence electrons. The summed E-state index contributed by atoms with van der Waals surface area (Å²) >= 11 is 0. The highest BCUT2D eigenvalue weighted by atomic mass is 79.9. The average Bonchev–Trinajstić information content (AvgIpc) is 2.08. The van der Waals surface area contributed by atoms with Gasteiger partial charge < -0.3 is 0 Å². The van der Waals surface area contributed by atoms with Crippen molar-refractivity contribution in [1.29, 1.82) is 0 Å². The fourth-order valence-corrected chi connectivity index (χ4v) is 0.875. The molecular formula is C6H3BrF5P. The molecule has 0 aliphatic carbocycles. The number of rotatable bonds is 0. The standard InChI is InChI=1S/C6H2F5P.BrH/c7-1-2(8)4(10)6(12)5(11)3(1)9;/h12H2;1H. The van der Waals surface area contributed by atoms with Gasteiger partial charge in [-0.05, 0) is 0 Å². The predicted molar refractivity (Wildman–Crippen MR) is 45.9 cm³/mol. The van der Waals surface area contributed by atoms with Crippen molar-refractivity contribution in [2.45, 2.75) is 0 Å². The highest BCUT2D eigenvalue weighted by Gasteiger charge is 2.22. The topological polar surface area (TPSA) is 0 Å². The SMILES string of the molecule is Br.Fc1c(F)c(F)c(P)c(F)c1F. The zero-order valence-electron chi connectivity index (χ0n) is 5.88. The Bertz CT molecular complexity index is 235. The lowest BCUT2D eigenvalue weighted by molar-refractivity contribution is 0.384. The van der Waals surface area contributed by atoms with Gasteiger partial charge in [-0.25, -0.2) is 22.0 Å². The summed E-state index contributed by atoms with van der Waals surface area (Å²) in [4.78, 5) is 0. The first kappa shape index (κ1) is 12.8. The van der Waals surface area contributed by atoms with Crippen LogP contribution in [0.15, 0.2) is 0 Å². The molecule has 0 amide bonds. The molecule has 0 bridgehead atoms. The van der Waals surface area contributed by atoms with Crippen LogP contribution in [0, 0.1) is 29.1 Å². The minimum atomic E-state index is -2.14. The lowest BCUT2D eigenvalue weighted by atomic mass is 10.3. The maximum atomic E-state index is 12.4. The summed E-state index contributed by atoms with van der Waals surface area (Å²) in [7, 11) is 1.44. The summed E-state index contributed by atoms with van der Waals surface area (Å²) in [6.07, 6.45) is 0. The van der Waals surface area contributed by atoms with E-state index in [1.54, 1.807) is 0 Å². The third-order valence-electron chi connectivity index (χ3n) is 1.24. The normalized spacial score (nSPS) is 9.69. The largest absolute Gasteiger partial charge is 0.203 e. The molecular weight excluding hydrogens is 278 g/mol. The molecule has 0 radical (unpaired) electrons. The third-order valence-corrected chi connectivity index (χ3v) is 1.75. The van der Waals surface area contributed by atoms with E-state index in [2.05, 4.69) is 0 Å². The molecule has 13 heavy (non-hydrogen) atoms. The van der Waals surface area contributed by atoms with Gasteiger partial charge in [0.2, 0.25) is 5.82 Å². The Morgan fingerprint density at radius 2 is 0.846 bits per heavy atom. The highest BCUT2D eigenvalue weighted by Crippen LogP contribution is 2.17. The molecule has 1 atom stereocenters. The molecule has 0 aromatic heterocycles. The van der Waals surface area contributed by atoms with Gasteiger partial charge in [0.1, 0.15) is 0 Å². The first-order chi connectivity index (χ1) is 5.46. The summed E-state index contributed by atoms with van der Waals surface area (Å²) in [5, 5.41) is -0.952. The van der Waals surface area contributed by atoms with Gasteiger partial charge in [-0.2, -0.15) is 0 Å². The van der Waals surface area contributed by atoms with Crippen molar-refractivity contribution in [2.75, 3.05) is 0 Å². The number of hydrogen-bond donors (Lipinski definition) is 0. The number of halogens is 6. The van der Waals surface area contributed by atoms with Crippen molar-refractivity contribution >= 4 is 31.5 Å². The van der Waals surface area contributed by atoms with Crippen molar-refractivity contribution in [3.05, 3.63) is 29.1 Å². The van der Waals surface area contributed by atoms with Crippen molar-refractivity contribution in [2.24, 2.45) is 0 Å². The molecule has 0 aliphatic heterocycles. The second kappa shape index (κ2) is 4.33. The highest BCUT2D eigenvalue weighted by molar-refractivity contribution is 8.93. The molecule has 0 aliphatic rings. The van der Waals surface area contributed by atoms with Crippen LogP contribution in [0.3, 0.4) is 0 Å². The van der Waals surface area contributed by atoms with E-state index in [1.807, 2.05) is 0 Å². The van der Waals surface area contributed by atoms with Gasteiger partial charge >= 0.3 is 0 Å². The van der Waals surface area contributed by atoms with Crippen LogP contribution >= 0.6 is 26.2 Å². The minimum Gasteiger partial charge on any atom is -0.203 e. The molecule has 0 heterocycles. The first-order valence-electron chi connectivity index (χ1n) is 2.73. The van der Waals surface area contributed by atoms with Crippen LogP contribution in [-0.4, -0.2) is 0 Å². The fraction of sp³-hybridized carbons (Fsp3) is 0. The maximum Gasteiger partial charge on any atom is 0.200 e. The number of hydrogen-bond acceptors (Lipinski definition) is 0.